The predicted octanol–water partition coefficient (Wildman–Crippen LogP) is 4.51. The number of fused-ring (bicyclic) bond motifs is 1. The summed E-state index contributed by atoms with van der Waals surface area (Å²) in [5.41, 5.74) is 1.60. The molecule has 2 aromatic heterocycles. The second-order valence-corrected chi connectivity index (χ2v) is 6.94. The highest BCUT2D eigenvalue weighted by Gasteiger charge is 2.10. The zero-order chi connectivity index (χ0) is 18.8. The van der Waals surface area contributed by atoms with Gasteiger partial charge in [-0.1, -0.05) is 23.5 Å². The SMILES string of the molecule is COc1ccc(-c2cc(=Nc3nnc(C)s3)c3ccccc3o2)cc1OC. The van der Waals surface area contributed by atoms with Crippen molar-refractivity contribution in [1.82, 2.24) is 10.2 Å². The van der Waals surface area contributed by atoms with Gasteiger partial charge in [-0.05, 0) is 37.3 Å². The summed E-state index contributed by atoms with van der Waals surface area (Å²) in [5, 5.41) is 11.3. The number of hydrogen-bond acceptors (Lipinski definition) is 7. The molecule has 6 nitrogen and oxygen atoms in total. The number of methoxy groups -OCH3 is 2. The first-order chi connectivity index (χ1) is 13.2. The van der Waals surface area contributed by atoms with Crippen LogP contribution in [-0.2, 0) is 0 Å². The Labute approximate surface area is 159 Å². The third-order valence-corrected chi connectivity index (χ3v) is 4.78. The molecule has 0 saturated heterocycles. The molecule has 0 aliphatic rings. The van der Waals surface area contributed by atoms with E-state index < -0.39 is 0 Å². The summed E-state index contributed by atoms with van der Waals surface area (Å²) in [6.07, 6.45) is 0. The van der Waals surface area contributed by atoms with Crippen LogP contribution in [0.5, 0.6) is 11.5 Å². The second-order valence-electron chi connectivity index (χ2n) is 5.78. The van der Waals surface area contributed by atoms with Crippen molar-refractivity contribution in [3.63, 3.8) is 0 Å². The predicted molar refractivity (Wildman–Crippen MR) is 105 cm³/mol. The van der Waals surface area contributed by atoms with E-state index in [0.29, 0.717) is 22.4 Å². The van der Waals surface area contributed by atoms with Crippen LogP contribution in [0.2, 0.25) is 0 Å². The summed E-state index contributed by atoms with van der Waals surface area (Å²) >= 11 is 1.45. The normalized spacial score (nSPS) is 11.7. The van der Waals surface area contributed by atoms with Crippen LogP contribution in [0.4, 0.5) is 5.13 Å². The lowest BCUT2D eigenvalue weighted by molar-refractivity contribution is 0.355. The van der Waals surface area contributed by atoms with Gasteiger partial charge in [0, 0.05) is 17.0 Å². The standard InChI is InChI=1S/C20H17N3O3S/c1-12-22-23-20(27-12)21-15-11-18(26-16-7-5-4-6-14(15)16)13-8-9-17(24-2)19(10-13)25-3/h4-11H,1-3H3. The molecule has 0 saturated carbocycles. The Bertz CT molecular complexity index is 1180. The molecular formula is C20H17N3O3S. The molecule has 4 aromatic rings. The molecule has 0 aliphatic carbocycles. The number of aryl methyl sites for hydroxylation is 1. The van der Waals surface area contributed by atoms with Crippen LogP contribution in [0, 0.1) is 6.92 Å². The summed E-state index contributed by atoms with van der Waals surface area (Å²) in [7, 11) is 3.22. The van der Waals surface area contributed by atoms with Gasteiger partial charge in [0.2, 0.25) is 5.13 Å². The molecule has 0 aliphatic heterocycles. The molecule has 0 atom stereocenters. The quantitative estimate of drug-likeness (QED) is 0.522. The van der Waals surface area contributed by atoms with Crippen LogP contribution in [0.1, 0.15) is 5.01 Å². The first-order valence-electron chi connectivity index (χ1n) is 8.28. The van der Waals surface area contributed by atoms with Gasteiger partial charge in [0.1, 0.15) is 16.4 Å². The number of aromatic nitrogens is 2. The lowest BCUT2D eigenvalue weighted by Gasteiger charge is -2.10. The third kappa shape index (κ3) is 3.41. The Hall–Kier alpha value is -3.19. The summed E-state index contributed by atoms with van der Waals surface area (Å²) in [6, 6.07) is 15.3. The van der Waals surface area contributed by atoms with E-state index in [9.17, 15) is 0 Å². The van der Waals surface area contributed by atoms with Crippen LogP contribution in [0.25, 0.3) is 22.3 Å². The lowest BCUT2D eigenvalue weighted by atomic mass is 10.1. The number of hydrogen-bond donors (Lipinski definition) is 0. The van der Waals surface area contributed by atoms with E-state index in [1.54, 1.807) is 14.2 Å². The molecule has 2 heterocycles. The monoisotopic (exact) mass is 379 g/mol. The van der Waals surface area contributed by atoms with Crippen molar-refractivity contribution >= 4 is 27.4 Å². The Balaban J connectivity index is 1.94. The van der Waals surface area contributed by atoms with Crippen LogP contribution < -0.4 is 14.8 Å². The fourth-order valence-corrected chi connectivity index (χ4v) is 3.35. The highest BCUT2D eigenvalue weighted by Crippen LogP contribution is 2.32. The van der Waals surface area contributed by atoms with Gasteiger partial charge in [-0.15, -0.1) is 10.2 Å². The van der Waals surface area contributed by atoms with E-state index >= 15 is 0 Å². The maximum Gasteiger partial charge on any atom is 0.232 e. The Morgan fingerprint density at radius 1 is 0.963 bits per heavy atom. The van der Waals surface area contributed by atoms with Crippen molar-refractivity contribution in [1.29, 1.82) is 0 Å². The average Bonchev–Trinajstić information content (AvgIpc) is 3.12. The molecule has 0 N–H and O–H groups in total. The van der Waals surface area contributed by atoms with E-state index in [1.807, 2.05) is 55.5 Å². The van der Waals surface area contributed by atoms with Crippen LogP contribution in [-0.4, -0.2) is 24.4 Å². The van der Waals surface area contributed by atoms with Crippen molar-refractivity contribution in [2.24, 2.45) is 4.99 Å². The Morgan fingerprint density at radius 2 is 1.78 bits per heavy atom. The summed E-state index contributed by atoms with van der Waals surface area (Å²) in [6.45, 7) is 1.91. The molecule has 0 radical (unpaired) electrons. The van der Waals surface area contributed by atoms with Crippen LogP contribution in [0.3, 0.4) is 0 Å². The third-order valence-electron chi connectivity index (χ3n) is 4.05. The zero-order valence-corrected chi connectivity index (χ0v) is 15.9. The summed E-state index contributed by atoms with van der Waals surface area (Å²) < 4.78 is 16.8. The largest absolute Gasteiger partial charge is 0.493 e. The fraction of sp³-hybridized carbons (Fsp3) is 0.150. The first-order valence-corrected chi connectivity index (χ1v) is 9.09. The Morgan fingerprint density at radius 3 is 2.52 bits per heavy atom. The zero-order valence-electron chi connectivity index (χ0n) is 15.1. The number of para-hydroxylation sites is 1. The van der Waals surface area contributed by atoms with E-state index in [1.165, 1.54) is 11.3 Å². The number of nitrogens with zero attached hydrogens (tertiary/aromatic N) is 3. The minimum Gasteiger partial charge on any atom is -0.493 e. The van der Waals surface area contributed by atoms with Gasteiger partial charge >= 0.3 is 0 Å². The van der Waals surface area contributed by atoms with Gasteiger partial charge in [-0.3, -0.25) is 0 Å². The molecule has 0 spiro atoms. The average molecular weight is 379 g/mol. The van der Waals surface area contributed by atoms with Crippen molar-refractivity contribution in [2.75, 3.05) is 14.2 Å². The number of ether oxygens (including phenoxy) is 2. The molecule has 136 valence electrons. The van der Waals surface area contributed by atoms with Crippen molar-refractivity contribution in [3.8, 4) is 22.8 Å². The Kier molecular flexibility index (Phi) is 4.60. The molecule has 7 heteroatoms. The molecule has 0 bridgehead atoms. The molecule has 0 unspecified atom stereocenters. The minimum absolute atomic E-state index is 0.613. The molecule has 4 rings (SSSR count). The van der Waals surface area contributed by atoms with Crippen molar-refractivity contribution in [3.05, 3.63) is 58.9 Å². The minimum atomic E-state index is 0.613. The van der Waals surface area contributed by atoms with E-state index in [0.717, 1.165) is 26.9 Å². The smallest absolute Gasteiger partial charge is 0.232 e. The highest BCUT2D eigenvalue weighted by molar-refractivity contribution is 7.14. The molecule has 27 heavy (non-hydrogen) atoms. The van der Waals surface area contributed by atoms with E-state index in [4.69, 9.17) is 13.9 Å². The van der Waals surface area contributed by atoms with Crippen LogP contribution >= 0.6 is 11.3 Å². The number of benzene rings is 2. The topological polar surface area (TPSA) is 69.7 Å². The molecular weight excluding hydrogens is 362 g/mol. The highest BCUT2D eigenvalue weighted by atomic mass is 32.1. The molecule has 0 amide bonds. The van der Waals surface area contributed by atoms with Crippen molar-refractivity contribution < 1.29 is 13.9 Å². The van der Waals surface area contributed by atoms with Gasteiger partial charge in [0.15, 0.2) is 11.5 Å². The van der Waals surface area contributed by atoms with Crippen molar-refractivity contribution in [2.45, 2.75) is 6.92 Å². The molecule has 0 fully saturated rings. The second kappa shape index (κ2) is 7.20. The maximum absolute atomic E-state index is 6.12. The van der Waals surface area contributed by atoms with Gasteiger partial charge in [0.25, 0.3) is 0 Å². The molecule has 2 aromatic carbocycles. The summed E-state index contributed by atoms with van der Waals surface area (Å²) in [5.74, 6) is 1.97. The van der Waals surface area contributed by atoms with Crippen LogP contribution in [0.15, 0.2) is 57.9 Å². The van der Waals surface area contributed by atoms with Gasteiger partial charge in [-0.25, -0.2) is 4.99 Å². The van der Waals surface area contributed by atoms with E-state index in [-0.39, 0.29) is 0 Å². The van der Waals surface area contributed by atoms with Gasteiger partial charge in [0.05, 0.1) is 19.6 Å². The first kappa shape index (κ1) is 17.2. The summed E-state index contributed by atoms with van der Waals surface area (Å²) in [4.78, 5) is 4.68. The fourth-order valence-electron chi connectivity index (χ4n) is 2.78. The van der Waals surface area contributed by atoms with E-state index in [2.05, 4.69) is 15.2 Å². The maximum atomic E-state index is 6.12. The lowest BCUT2D eigenvalue weighted by Crippen LogP contribution is -2.03. The number of rotatable bonds is 4. The van der Waals surface area contributed by atoms with Gasteiger partial charge in [-0.2, -0.15) is 0 Å². The van der Waals surface area contributed by atoms with Gasteiger partial charge < -0.3 is 13.9 Å².